The van der Waals surface area contributed by atoms with Crippen molar-refractivity contribution in [2.45, 2.75) is 19.7 Å². The Balaban J connectivity index is 1.60. The van der Waals surface area contributed by atoms with Gasteiger partial charge < -0.3 is 0 Å². The van der Waals surface area contributed by atoms with Gasteiger partial charge in [-0.1, -0.05) is 111 Å². The molecule has 0 radical (unpaired) electrons. The maximum Gasteiger partial charge on any atom is 0.147 e. The molecule has 0 aliphatic rings. The maximum absolute atomic E-state index is 8.67. The Morgan fingerprint density at radius 1 is 0.692 bits per heavy atom. The van der Waals surface area contributed by atoms with E-state index in [1.165, 1.54) is 4.70 Å². The molecule has 0 atom stereocenters. The fourth-order valence-corrected chi connectivity index (χ4v) is 6.35. The van der Waals surface area contributed by atoms with Crippen LogP contribution in [0.25, 0.3) is 60.4 Å². The number of rotatable bonds is 5. The lowest BCUT2D eigenvalue weighted by atomic mass is 9.95. The van der Waals surface area contributed by atoms with Crippen molar-refractivity contribution in [3.63, 3.8) is 0 Å². The molecular weight excluding hydrogens is 492 g/mol. The van der Waals surface area contributed by atoms with Crippen molar-refractivity contribution in [2.24, 2.45) is 0 Å². The summed E-state index contributed by atoms with van der Waals surface area (Å²) < 4.78 is 12.2. The average Bonchev–Trinajstić information content (AvgIpc) is 3.58. The van der Waals surface area contributed by atoms with Gasteiger partial charge in [0.25, 0.3) is 0 Å². The van der Waals surface area contributed by atoms with Crippen LogP contribution < -0.4 is 0 Å². The molecule has 0 amide bonds. The molecule has 5 aromatic carbocycles. The number of thiophene rings is 1. The molecule has 0 saturated carbocycles. The molecule has 2 aromatic heterocycles. The van der Waals surface area contributed by atoms with Crippen molar-refractivity contribution in [2.75, 3.05) is 0 Å². The van der Waals surface area contributed by atoms with Gasteiger partial charge in [0, 0.05) is 33.5 Å². The summed E-state index contributed by atoms with van der Waals surface area (Å²) in [5.74, 6) is 0.224. The first-order valence-corrected chi connectivity index (χ1v) is 14.1. The Kier molecular flexibility index (Phi) is 5.59. The molecule has 0 bridgehead atoms. The standard InChI is InChI=1S/C36H28N2S/c1-24(2)27-20-21-34-30(22-27)31(23-39-34)36-37-32-18-9-10-19-33(32)38(36)35-28(25-12-5-3-6-13-25)16-11-17-29(35)26-14-7-4-8-15-26/h3-24H,1-2H3/i24D. The van der Waals surface area contributed by atoms with E-state index in [9.17, 15) is 0 Å². The molecule has 2 heterocycles. The van der Waals surface area contributed by atoms with Gasteiger partial charge in [0.2, 0.25) is 0 Å². The van der Waals surface area contributed by atoms with Crippen molar-refractivity contribution < 1.29 is 1.37 Å². The maximum atomic E-state index is 8.67. The van der Waals surface area contributed by atoms with Crippen LogP contribution in [0.3, 0.4) is 0 Å². The summed E-state index contributed by atoms with van der Waals surface area (Å²) in [4.78, 5) is 5.27. The van der Waals surface area contributed by atoms with Crippen molar-refractivity contribution in [3.05, 3.63) is 132 Å². The van der Waals surface area contributed by atoms with Gasteiger partial charge >= 0.3 is 0 Å². The fourth-order valence-electron chi connectivity index (χ4n) is 5.43. The zero-order chi connectivity index (χ0) is 27.3. The molecule has 0 fully saturated rings. The van der Waals surface area contributed by atoms with E-state index in [0.717, 1.165) is 61.3 Å². The summed E-state index contributed by atoms with van der Waals surface area (Å²) in [6.07, 6.45) is 0. The normalized spacial score (nSPS) is 12.2. The summed E-state index contributed by atoms with van der Waals surface area (Å²) in [5.41, 5.74) is 9.84. The highest BCUT2D eigenvalue weighted by Crippen LogP contribution is 2.43. The van der Waals surface area contributed by atoms with Crippen LogP contribution in [-0.4, -0.2) is 9.55 Å². The first kappa shape index (κ1) is 22.5. The second kappa shape index (κ2) is 9.68. The zero-order valence-electron chi connectivity index (χ0n) is 22.9. The van der Waals surface area contributed by atoms with Crippen LogP contribution in [0, 0.1) is 0 Å². The second-order valence-electron chi connectivity index (χ2n) is 10.1. The number of imidazole rings is 1. The lowest BCUT2D eigenvalue weighted by Crippen LogP contribution is -2.03. The first-order valence-electron chi connectivity index (χ1n) is 13.7. The van der Waals surface area contributed by atoms with Crippen molar-refractivity contribution in [3.8, 4) is 39.3 Å². The molecule has 0 saturated heterocycles. The molecule has 7 aromatic rings. The smallest absolute Gasteiger partial charge is 0.147 e. The van der Waals surface area contributed by atoms with Crippen molar-refractivity contribution in [1.82, 2.24) is 9.55 Å². The Labute approximate surface area is 234 Å². The number of aromatic nitrogens is 2. The lowest BCUT2D eigenvalue weighted by Gasteiger charge is -2.19. The van der Waals surface area contributed by atoms with E-state index in [4.69, 9.17) is 6.35 Å². The summed E-state index contributed by atoms with van der Waals surface area (Å²) in [6.45, 7) is 3.88. The molecule has 0 aliphatic heterocycles. The van der Waals surface area contributed by atoms with Gasteiger partial charge in [-0.3, -0.25) is 4.57 Å². The first-order chi connectivity index (χ1) is 19.5. The van der Waals surface area contributed by atoms with Crippen molar-refractivity contribution in [1.29, 1.82) is 0 Å². The van der Waals surface area contributed by atoms with Gasteiger partial charge in [-0.25, -0.2) is 4.98 Å². The van der Waals surface area contributed by atoms with Gasteiger partial charge in [-0.05, 0) is 46.8 Å². The molecular formula is C36H28N2S. The summed E-state index contributed by atoms with van der Waals surface area (Å²) in [6, 6.07) is 42.6. The molecule has 7 rings (SSSR count). The minimum atomic E-state index is -0.687. The third-order valence-electron chi connectivity index (χ3n) is 7.38. The second-order valence-corrected chi connectivity index (χ2v) is 11.0. The van der Waals surface area contributed by atoms with Crippen LogP contribution >= 0.6 is 11.3 Å². The van der Waals surface area contributed by atoms with Crippen LogP contribution in [0.4, 0.5) is 0 Å². The van der Waals surface area contributed by atoms with Crippen LogP contribution in [0.2, 0.25) is 0 Å². The Morgan fingerprint density at radius 2 is 1.33 bits per heavy atom. The fraction of sp³-hybridized carbons (Fsp3) is 0.0833. The van der Waals surface area contributed by atoms with Gasteiger partial charge in [-0.2, -0.15) is 0 Å². The van der Waals surface area contributed by atoms with E-state index in [0.29, 0.717) is 0 Å². The van der Waals surface area contributed by atoms with E-state index >= 15 is 0 Å². The van der Waals surface area contributed by atoms with E-state index < -0.39 is 5.89 Å². The predicted octanol–water partition coefficient (Wildman–Crippen LogP) is 10.4. The number of fused-ring (bicyclic) bond motifs is 2. The molecule has 0 spiro atoms. The largest absolute Gasteiger partial charge is 0.291 e. The molecule has 0 aliphatic carbocycles. The van der Waals surface area contributed by atoms with Gasteiger partial charge in [0.15, 0.2) is 0 Å². The molecule has 188 valence electrons. The third-order valence-corrected chi connectivity index (χ3v) is 8.35. The van der Waals surface area contributed by atoms with Crippen molar-refractivity contribution >= 4 is 32.5 Å². The summed E-state index contributed by atoms with van der Waals surface area (Å²) in [7, 11) is 0. The number of benzene rings is 5. The minimum absolute atomic E-state index is 0.687. The minimum Gasteiger partial charge on any atom is -0.291 e. The molecule has 39 heavy (non-hydrogen) atoms. The highest BCUT2D eigenvalue weighted by molar-refractivity contribution is 7.17. The molecule has 3 heteroatoms. The Bertz CT molecular complexity index is 1920. The zero-order valence-corrected chi connectivity index (χ0v) is 22.7. The van der Waals surface area contributed by atoms with E-state index in [-0.39, 0.29) is 0 Å². The van der Waals surface area contributed by atoms with Crippen LogP contribution in [-0.2, 0) is 0 Å². The Morgan fingerprint density at radius 3 is 2.00 bits per heavy atom. The quantitative estimate of drug-likeness (QED) is 0.220. The van der Waals surface area contributed by atoms with Gasteiger partial charge in [0.1, 0.15) is 5.82 Å². The van der Waals surface area contributed by atoms with E-state index in [2.05, 4.69) is 131 Å². The monoisotopic (exact) mass is 521 g/mol. The number of nitrogens with zero attached hydrogens (tertiary/aromatic N) is 2. The third kappa shape index (κ3) is 4.07. The number of hydrogen-bond acceptors (Lipinski definition) is 2. The van der Waals surface area contributed by atoms with Crippen LogP contribution in [0.5, 0.6) is 0 Å². The van der Waals surface area contributed by atoms with Gasteiger partial charge in [-0.15, -0.1) is 11.3 Å². The van der Waals surface area contributed by atoms with E-state index in [1.807, 2.05) is 13.8 Å². The highest BCUT2D eigenvalue weighted by atomic mass is 32.1. The lowest BCUT2D eigenvalue weighted by molar-refractivity contribution is 0.869. The Hall–Kier alpha value is -4.47. The van der Waals surface area contributed by atoms with Crippen LogP contribution in [0.1, 0.15) is 26.7 Å². The summed E-state index contributed by atoms with van der Waals surface area (Å²) >= 11 is 1.73. The summed E-state index contributed by atoms with van der Waals surface area (Å²) in [5, 5.41) is 3.36. The molecule has 2 nitrogen and oxygen atoms in total. The predicted molar refractivity (Wildman–Crippen MR) is 167 cm³/mol. The van der Waals surface area contributed by atoms with Gasteiger partial charge in [0.05, 0.1) is 16.7 Å². The topological polar surface area (TPSA) is 17.8 Å². The highest BCUT2D eigenvalue weighted by Gasteiger charge is 2.23. The number of hydrogen-bond donors (Lipinski definition) is 0. The number of para-hydroxylation sites is 3. The SMILES string of the molecule is [2H]C(C)(C)c1ccc2scc(-c3nc4ccccc4n3-c3c(-c4ccccc4)cccc3-c3ccccc3)c2c1. The average molecular weight is 522 g/mol. The molecule has 0 unspecified atom stereocenters. The van der Waals surface area contributed by atoms with E-state index in [1.54, 1.807) is 11.3 Å². The van der Waals surface area contributed by atoms with Crippen LogP contribution in [0.15, 0.2) is 127 Å². The molecule has 0 N–H and O–H groups in total.